The summed E-state index contributed by atoms with van der Waals surface area (Å²) in [7, 11) is 0. The van der Waals surface area contributed by atoms with Crippen molar-refractivity contribution in [1.82, 2.24) is 20.3 Å². The number of hydrogen-bond acceptors (Lipinski definition) is 4. The molecule has 22 heavy (non-hydrogen) atoms. The van der Waals surface area contributed by atoms with Gasteiger partial charge in [0.25, 0.3) is 0 Å². The van der Waals surface area contributed by atoms with Crippen LogP contribution in [-0.4, -0.2) is 38.2 Å². The van der Waals surface area contributed by atoms with E-state index in [2.05, 4.69) is 15.6 Å². The van der Waals surface area contributed by atoms with E-state index in [1.807, 2.05) is 44.2 Å². The van der Waals surface area contributed by atoms with Gasteiger partial charge in [0.1, 0.15) is 12.2 Å². The van der Waals surface area contributed by atoms with Gasteiger partial charge in [0.05, 0.1) is 11.8 Å². The molecule has 0 fully saturated rings. The Morgan fingerprint density at radius 1 is 1.36 bits per heavy atom. The topological polar surface area (TPSA) is 80.0 Å². The van der Waals surface area contributed by atoms with Crippen molar-refractivity contribution in [3.63, 3.8) is 0 Å². The molecule has 2 aromatic rings. The fourth-order valence-electron chi connectivity index (χ4n) is 1.80. The molecule has 118 valence electrons. The van der Waals surface area contributed by atoms with Crippen molar-refractivity contribution in [2.24, 2.45) is 5.92 Å². The zero-order chi connectivity index (χ0) is 16.2. The number of aliphatic hydroxyl groups is 1. The summed E-state index contributed by atoms with van der Waals surface area (Å²) in [5.74, 6) is -0.144. The van der Waals surface area contributed by atoms with Crippen LogP contribution in [0.5, 0.6) is 0 Å². The third-order valence-electron chi connectivity index (χ3n) is 3.80. The summed E-state index contributed by atoms with van der Waals surface area (Å²) in [5.41, 5.74) is 0.757. The smallest absolute Gasteiger partial charge is 0.241 e. The molecule has 1 heterocycles. The van der Waals surface area contributed by atoms with Gasteiger partial charge in [-0.25, -0.2) is 4.68 Å². The Bertz CT molecular complexity index is 620. The van der Waals surface area contributed by atoms with E-state index >= 15 is 0 Å². The van der Waals surface area contributed by atoms with E-state index in [-0.39, 0.29) is 24.9 Å². The Kier molecular flexibility index (Phi) is 4.92. The predicted molar refractivity (Wildman–Crippen MR) is 83.9 cm³/mol. The third kappa shape index (κ3) is 4.14. The largest absolute Gasteiger partial charge is 0.388 e. The minimum atomic E-state index is -0.923. The maximum atomic E-state index is 11.9. The van der Waals surface area contributed by atoms with E-state index in [9.17, 15) is 9.90 Å². The lowest BCUT2D eigenvalue weighted by molar-refractivity contribution is -0.123. The molecule has 2 N–H and O–H groups in total. The highest BCUT2D eigenvalue weighted by Crippen LogP contribution is 2.15. The second kappa shape index (κ2) is 6.70. The number of hydrogen-bond donors (Lipinski definition) is 2. The standard InChI is InChI=1S/C16H22N4O2/c1-12(2)16(3,22)11-17-15(21)10-20-9-14(18-19-20)13-7-5-4-6-8-13/h4-9,12,22H,10-11H2,1-3H3,(H,17,21). The number of amides is 1. The first-order valence-corrected chi connectivity index (χ1v) is 7.33. The summed E-state index contributed by atoms with van der Waals surface area (Å²) in [4.78, 5) is 11.9. The molecule has 0 aliphatic rings. The molecule has 0 spiro atoms. The fourth-order valence-corrected chi connectivity index (χ4v) is 1.80. The lowest BCUT2D eigenvalue weighted by Crippen LogP contribution is -2.45. The predicted octanol–water partition coefficient (Wildman–Crippen LogP) is 1.47. The molecule has 1 aromatic carbocycles. The van der Waals surface area contributed by atoms with Gasteiger partial charge in [-0.15, -0.1) is 5.10 Å². The molecule has 1 unspecified atom stereocenters. The first-order valence-electron chi connectivity index (χ1n) is 7.33. The molecule has 1 aromatic heterocycles. The number of benzene rings is 1. The third-order valence-corrected chi connectivity index (χ3v) is 3.80. The maximum absolute atomic E-state index is 11.9. The van der Waals surface area contributed by atoms with Gasteiger partial charge in [-0.05, 0) is 12.8 Å². The van der Waals surface area contributed by atoms with Gasteiger partial charge in [0.15, 0.2) is 0 Å². The zero-order valence-electron chi connectivity index (χ0n) is 13.2. The minimum Gasteiger partial charge on any atom is -0.388 e. The Morgan fingerprint density at radius 3 is 2.68 bits per heavy atom. The first kappa shape index (κ1) is 16.2. The molecule has 0 aliphatic heterocycles. The van der Waals surface area contributed by atoms with Crippen molar-refractivity contribution < 1.29 is 9.90 Å². The summed E-state index contributed by atoms with van der Waals surface area (Å²) in [6.45, 7) is 5.82. The first-order chi connectivity index (χ1) is 10.4. The molecule has 6 nitrogen and oxygen atoms in total. The number of carbonyl (C=O) groups excluding carboxylic acids is 1. The minimum absolute atomic E-state index is 0.0591. The summed E-state index contributed by atoms with van der Waals surface area (Å²) in [6.07, 6.45) is 1.73. The van der Waals surface area contributed by atoms with Gasteiger partial charge in [0, 0.05) is 12.1 Å². The number of aromatic nitrogens is 3. The van der Waals surface area contributed by atoms with E-state index in [0.29, 0.717) is 0 Å². The normalized spacial score (nSPS) is 13.9. The lowest BCUT2D eigenvalue weighted by atomic mass is 9.92. The van der Waals surface area contributed by atoms with E-state index in [1.165, 1.54) is 4.68 Å². The van der Waals surface area contributed by atoms with Gasteiger partial charge in [-0.2, -0.15) is 0 Å². The van der Waals surface area contributed by atoms with Crippen LogP contribution in [0.1, 0.15) is 20.8 Å². The van der Waals surface area contributed by atoms with Crippen LogP contribution in [-0.2, 0) is 11.3 Å². The highest BCUT2D eigenvalue weighted by atomic mass is 16.3. The van der Waals surface area contributed by atoms with E-state index in [1.54, 1.807) is 13.1 Å². The molecule has 0 bridgehead atoms. The molecule has 1 amide bonds. The summed E-state index contributed by atoms with van der Waals surface area (Å²) >= 11 is 0. The van der Waals surface area contributed by atoms with E-state index < -0.39 is 5.60 Å². The van der Waals surface area contributed by atoms with Crippen molar-refractivity contribution in [2.45, 2.75) is 32.9 Å². The lowest BCUT2D eigenvalue weighted by Gasteiger charge is -2.27. The van der Waals surface area contributed by atoms with Gasteiger partial charge >= 0.3 is 0 Å². The van der Waals surface area contributed by atoms with Gasteiger partial charge < -0.3 is 10.4 Å². The SMILES string of the molecule is CC(C)C(C)(O)CNC(=O)Cn1cc(-c2ccccc2)nn1. The highest BCUT2D eigenvalue weighted by Gasteiger charge is 2.25. The average molecular weight is 302 g/mol. The van der Waals surface area contributed by atoms with Crippen LogP contribution in [0.2, 0.25) is 0 Å². The maximum Gasteiger partial charge on any atom is 0.241 e. The van der Waals surface area contributed by atoms with Crippen LogP contribution < -0.4 is 5.32 Å². The van der Waals surface area contributed by atoms with Crippen molar-refractivity contribution in [2.75, 3.05) is 6.54 Å². The van der Waals surface area contributed by atoms with Crippen molar-refractivity contribution >= 4 is 5.91 Å². The molecular weight excluding hydrogens is 280 g/mol. The number of nitrogens with zero attached hydrogens (tertiary/aromatic N) is 3. The summed E-state index contributed by atoms with van der Waals surface area (Å²) in [6, 6.07) is 9.66. The molecule has 0 radical (unpaired) electrons. The van der Waals surface area contributed by atoms with Crippen LogP contribution in [0.3, 0.4) is 0 Å². The Balaban J connectivity index is 1.92. The Hall–Kier alpha value is -2.21. The molecule has 0 saturated carbocycles. The molecule has 2 rings (SSSR count). The zero-order valence-corrected chi connectivity index (χ0v) is 13.2. The van der Waals surface area contributed by atoms with E-state index in [0.717, 1.165) is 11.3 Å². The van der Waals surface area contributed by atoms with Crippen LogP contribution in [0.25, 0.3) is 11.3 Å². The second-order valence-corrected chi connectivity index (χ2v) is 5.96. The molecule has 0 saturated heterocycles. The van der Waals surface area contributed by atoms with Crippen molar-refractivity contribution in [3.8, 4) is 11.3 Å². The Morgan fingerprint density at radius 2 is 2.05 bits per heavy atom. The number of carbonyl (C=O) groups is 1. The monoisotopic (exact) mass is 302 g/mol. The van der Waals surface area contributed by atoms with Gasteiger partial charge in [-0.1, -0.05) is 49.4 Å². The molecular formula is C16H22N4O2. The van der Waals surface area contributed by atoms with Crippen LogP contribution in [0.15, 0.2) is 36.5 Å². The molecule has 6 heteroatoms. The number of nitrogens with one attached hydrogen (secondary N) is 1. The van der Waals surface area contributed by atoms with Gasteiger partial charge in [-0.3, -0.25) is 4.79 Å². The highest BCUT2D eigenvalue weighted by molar-refractivity contribution is 5.75. The molecule has 1 atom stereocenters. The van der Waals surface area contributed by atoms with Gasteiger partial charge in [0.2, 0.25) is 5.91 Å². The van der Waals surface area contributed by atoms with Crippen LogP contribution in [0.4, 0.5) is 0 Å². The second-order valence-electron chi connectivity index (χ2n) is 5.96. The summed E-state index contributed by atoms with van der Waals surface area (Å²) < 4.78 is 1.49. The average Bonchev–Trinajstić information content (AvgIpc) is 2.94. The molecule has 0 aliphatic carbocycles. The van der Waals surface area contributed by atoms with Crippen molar-refractivity contribution in [3.05, 3.63) is 36.5 Å². The number of rotatable bonds is 6. The van der Waals surface area contributed by atoms with Crippen LogP contribution in [0, 0.1) is 5.92 Å². The fraction of sp³-hybridized carbons (Fsp3) is 0.438. The van der Waals surface area contributed by atoms with Crippen molar-refractivity contribution in [1.29, 1.82) is 0 Å². The Labute approximate surface area is 130 Å². The van der Waals surface area contributed by atoms with Crippen LogP contribution >= 0.6 is 0 Å². The quantitative estimate of drug-likeness (QED) is 0.847. The summed E-state index contributed by atoms with van der Waals surface area (Å²) in [5, 5.41) is 20.8. The van der Waals surface area contributed by atoms with E-state index in [4.69, 9.17) is 0 Å².